The van der Waals surface area contributed by atoms with Gasteiger partial charge in [0.25, 0.3) is 0 Å². The summed E-state index contributed by atoms with van der Waals surface area (Å²) in [5.74, 6) is -2.99. The van der Waals surface area contributed by atoms with E-state index in [9.17, 15) is 19.5 Å². The van der Waals surface area contributed by atoms with Crippen molar-refractivity contribution in [1.29, 1.82) is 0 Å². The molecule has 1 aromatic heterocycles. The van der Waals surface area contributed by atoms with E-state index < -0.39 is 23.8 Å². The number of aliphatic carboxylic acids is 1. The van der Waals surface area contributed by atoms with Crippen molar-refractivity contribution in [3.05, 3.63) is 51.9 Å². The molecule has 6 nitrogen and oxygen atoms in total. The van der Waals surface area contributed by atoms with E-state index in [0.29, 0.717) is 16.1 Å². The highest BCUT2D eigenvalue weighted by molar-refractivity contribution is 7.16. The third-order valence-electron chi connectivity index (χ3n) is 4.01. The third-order valence-corrected chi connectivity index (χ3v) is 5.13. The zero-order chi connectivity index (χ0) is 19.3. The van der Waals surface area contributed by atoms with Crippen molar-refractivity contribution in [3.63, 3.8) is 0 Å². The Labute approximate surface area is 155 Å². The number of carbonyl (C=O) groups excluding carboxylic acids is 2. The molecule has 0 fully saturated rings. The SMILES string of the molecule is CCOC(=O)c1c(NC(=O)C[C@@H](C(=O)O)c2ccccc2)sc(C)c1C. The fourth-order valence-corrected chi connectivity index (χ4v) is 3.62. The van der Waals surface area contributed by atoms with Crippen molar-refractivity contribution < 1.29 is 24.2 Å². The quantitative estimate of drug-likeness (QED) is 0.719. The van der Waals surface area contributed by atoms with Gasteiger partial charge in [0.2, 0.25) is 5.91 Å². The molecular weight excluding hydrogens is 354 g/mol. The normalized spacial score (nSPS) is 11.7. The summed E-state index contributed by atoms with van der Waals surface area (Å²) in [6.07, 6.45) is -0.225. The summed E-state index contributed by atoms with van der Waals surface area (Å²) in [6.45, 7) is 5.58. The molecule has 1 amide bonds. The highest BCUT2D eigenvalue weighted by Gasteiger charge is 2.26. The first kappa shape index (κ1) is 19.7. The van der Waals surface area contributed by atoms with E-state index in [1.165, 1.54) is 11.3 Å². The van der Waals surface area contributed by atoms with E-state index in [-0.39, 0.29) is 13.0 Å². The van der Waals surface area contributed by atoms with Crippen molar-refractivity contribution in [3.8, 4) is 0 Å². The van der Waals surface area contributed by atoms with Crippen LogP contribution in [-0.4, -0.2) is 29.6 Å². The summed E-state index contributed by atoms with van der Waals surface area (Å²) in [5, 5.41) is 12.5. The lowest BCUT2D eigenvalue weighted by Crippen LogP contribution is -2.21. The van der Waals surface area contributed by atoms with Crippen molar-refractivity contribution in [2.24, 2.45) is 0 Å². The number of ether oxygens (including phenoxy) is 1. The minimum Gasteiger partial charge on any atom is -0.481 e. The molecule has 7 heteroatoms. The van der Waals surface area contributed by atoms with Crippen molar-refractivity contribution >= 4 is 34.2 Å². The Hall–Kier alpha value is -2.67. The lowest BCUT2D eigenvalue weighted by atomic mass is 9.95. The van der Waals surface area contributed by atoms with Crippen LogP contribution in [0.4, 0.5) is 5.00 Å². The zero-order valence-electron chi connectivity index (χ0n) is 14.9. The van der Waals surface area contributed by atoms with Gasteiger partial charge in [-0.25, -0.2) is 4.79 Å². The zero-order valence-corrected chi connectivity index (χ0v) is 15.7. The van der Waals surface area contributed by atoms with Crippen LogP contribution in [0.5, 0.6) is 0 Å². The number of aryl methyl sites for hydroxylation is 1. The van der Waals surface area contributed by atoms with E-state index in [1.54, 1.807) is 44.2 Å². The highest BCUT2D eigenvalue weighted by atomic mass is 32.1. The monoisotopic (exact) mass is 375 g/mol. The summed E-state index contributed by atoms with van der Waals surface area (Å²) in [7, 11) is 0. The molecule has 1 heterocycles. The summed E-state index contributed by atoms with van der Waals surface area (Å²) < 4.78 is 5.06. The number of benzene rings is 1. The molecule has 0 saturated carbocycles. The molecule has 0 bridgehead atoms. The van der Waals surface area contributed by atoms with Gasteiger partial charge in [-0.2, -0.15) is 0 Å². The number of anilines is 1. The highest BCUT2D eigenvalue weighted by Crippen LogP contribution is 2.33. The number of carboxylic acid groups (broad SMARTS) is 1. The molecule has 0 unspecified atom stereocenters. The fraction of sp³-hybridized carbons (Fsp3) is 0.316. The number of hydrogen-bond acceptors (Lipinski definition) is 5. The van der Waals surface area contributed by atoms with E-state index in [0.717, 1.165) is 10.4 Å². The number of carbonyl (C=O) groups is 3. The minimum atomic E-state index is -1.07. The van der Waals surface area contributed by atoms with Crippen molar-refractivity contribution in [2.45, 2.75) is 33.1 Å². The van der Waals surface area contributed by atoms with Crippen LogP contribution in [0.15, 0.2) is 30.3 Å². The van der Waals surface area contributed by atoms with Crippen LogP contribution in [0.25, 0.3) is 0 Å². The number of hydrogen-bond donors (Lipinski definition) is 2. The molecular formula is C19H21NO5S. The number of nitrogens with one attached hydrogen (secondary N) is 1. The van der Waals surface area contributed by atoms with E-state index in [4.69, 9.17) is 4.74 Å². The van der Waals surface area contributed by atoms with Crippen LogP contribution >= 0.6 is 11.3 Å². The molecule has 1 aromatic carbocycles. The average Bonchev–Trinajstić information content (AvgIpc) is 2.87. The third kappa shape index (κ3) is 4.49. The Morgan fingerprint density at radius 3 is 2.42 bits per heavy atom. The molecule has 26 heavy (non-hydrogen) atoms. The predicted molar refractivity (Wildman–Crippen MR) is 99.8 cm³/mol. The topological polar surface area (TPSA) is 92.7 Å². The van der Waals surface area contributed by atoms with E-state index in [2.05, 4.69) is 5.32 Å². The lowest BCUT2D eigenvalue weighted by molar-refractivity contribution is -0.140. The maximum atomic E-state index is 12.4. The lowest BCUT2D eigenvalue weighted by Gasteiger charge is -2.13. The van der Waals surface area contributed by atoms with Gasteiger partial charge in [-0.3, -0.25) is 9.59 Å². The number of rotatable bonds is 7. The Kier molecular flexibility index (Phi) is 6.52. The summed E-state index contributed by atoms with van der Waals surface area (Å²) >= 11 is 1.27. The van der Waals surface area contributed by atoms with Crippen LogP contribution < -0.4 is 5.32 Å². The molecule has 138 valence electrons. The number of carboxylic acids is 1. The first-order valence-electron chi connectivity index (χ1n) is 8.19. The molecule has 2 aromatic rings. The van der Waals surface area contributed by atoms with Gasteiger partial charge in [0.05, 0.1) is 18.1 Å². The second kappa shape index (κ2) is 8.62. The van der Waals surface area contributed by atoms with Crippen LogP contribution in [0.3, 0.4) is 0 Å². The van der Waals surface area contributed by atoms with Gasteiger partial charge < -0.3 is 15.2 Å². The van der Waals surface area contributed by atoms with Crippen LogP contribution in [0.1, 0.15) is 45.6 Å². The summed E-state index contributed by atoms with van der Waals surface area (Å²) in [4.78, 5) is 37.1. The molecule has 0 aliphatic heterocycles. The Morgan fingerprint density at radius 1 is 1.19 bits per heavy atom. The Morgan fingerprint density at radius 2 is 1.85 bits per heavy atom. The smallest absolute Gasteiger partial charge is 0.341 e. The van der Waals surface area contributed by atoms with E-state index in [1.807, 2.05) is 6.92 Å². The van der Waals surface area contributed by atoms with Crippen LogP contribution in [0, 0.1) is 13.8 Å². The first-order valence-corrected chi connectivity index (χ1v) is 9.01. The minimum absolute atomic E-state index is 0.225. The summed E-state index contributed by atoms with van der Waals surface area (Å²) in [6, 6.07) is 8.60. The van der Waals surface area contributed by atoms with Crippen LogP contribution in [-0.2, 0) is 14.3 Å². The van der Waals surface area contributed by atoms with Crippen LogP contribution in [0.2, 0.25) is 0 Å². The van der Waals surface area contributed by atoms with Crippen molar-refractivity contribution in [2.75, 3.05) is 11.9 Å². The largest absolute Gasteiger partial charge is 0.481 e. The Balaban J connectivity index is 2.20. The summed E-state index contributed by atoms with van der Waals surface area (Å²) in [5.41, 5.74) is 1.63. The Bertz CT molecular complexity index is 813. The number of amides is 1. The molecule has 2 N–H and O–H groups in total. The molecule has 0 aliphatic carbocycles. The average molecular weight is 375 g/mol. The predicted octanol–water partition coefficient (Wildman–Crippen LogP) is 3.74. The van der Waals surface area contributed by atoms with Gasteiger partial charge in [-0.15, -0.1) is 11.3 Å². The molecule has 1 atom stereocenters. The number of esters is 1. The maximum Gasteiger partial charge on any atom is 0.341 e. The van der Waals surface area contributed by atoms with E-state index >= 15 is 0 Å². The maximum absolute atomic E-state index is 12.4. The van der Waals surface area contributed by atoms with Gasteiger partial charge in [0.1, 0.15) is 5.00 Å². The van der Waals surface area contributed by atoms with Crippen molar-refractivity contribution in [1.82, 2.24) is 0 Å². The fourth-order valence-electron chi connectivity index (χ4n) is 2.56. The van der Waals surface area contributed by atoms with Gasteiger partial charge in [0.15, 0.2) is 0 Å². The molecule has 2 rings (SSSR count). The second-order valence-electron chi connectivity index (χ2n) is 5.76. The van der Waals surface area contributed by atoms with Gasteiger partial charge in [-0.05, 0) is 31.9 Å². The standard InChI is InChI=1S/C19H21NO5S/c1-4-25-19(24)16-11(2)12(3)26-17(16)20-15(21)10-14(18(22)23)13-8-6-5-7-9-13/h5-9,14H,4,10H2,1-3H3,(H,20,21)(H,22,23)/t14-/m1/s1. The van der Waals surface area contributed by atoms with Gasteiger partial charge in [-0.1, -0.05) is 30.3 Å². The second-order valence-corrected chi connectivity index (χ2v) is 6.99. The van der Waals surface area contributed by atoms with Gasteiger partial charge >= 0.3 is 11.9 Å². The molecule has 0 aliphatic rings. The first-order chi connectivity index (χ1) is 12.3. The van der Waals surface area contributed by atoms with Gasteiger partial charge in [0, 0.05) is 11.3 Å². The molecule has 0 saturated heterocycles. The number of thiophene rings is 1. The molecule has 0 radical (unpaired) electrons. The molecule has 0 spiro atoms.